The maximum Gasteiger partial charge on any atom is 0.419 e. The predicted octanol–water partition coefficient (Wildman–Crippen LogP) is 6.17. The summed E-state index contributed by atoms with van der Waals surface area (Å²) in [5, 5.41) is 10.2. The van der Waals surface area contributed by atoms with Crippen molar-refractivity contribution in [2.24, 2.45) is 5.41 Å². The molecule has 1 aliphatic rings. The lowest BCUT2D eigenvalue weighted by molar-refractivity contribution is -0.140. The van der Waals surface area contributed by atoms with Crippen LogP contribution in [0.1, 0.15) is 50.8 Å². The molecular formula is C24H25F4N3O3. The van der Waals surface area contributed by atoms with Crippen molar-refractivity contribution in [2.45, 2.75) is 58.0 Å². The number of pyridine rings is 1. The molecule has 0 saturated heterocycles. The highest BCUT2D eigenvalue weighted by Crippen LogP contribution is 2.44. The van der Waals surface area contributed by atoms with Crippen molar-refractivity contribution >= 4 is 11.7 Å². The van der Waals surface area contributed by atoms with Gasteiger partial charge in [-0.2, -0.15) is 13.2 Å². The summed E-state index contributed by atoms with van der Waals surface area (Å²) in [6, 6.07) is 5.27. The molecule has 1 aliphatic carbocycles. The summed E-state index contributed by atoms with van der Waals surface area (Å²) in [6.45, 7) is 5.84. The second-order valence-electron chi connectivity index (χ2n) is 9.58. The number of imidazole rings is 1. The van der Waals surface area contributed by atoms with Crippen LogP contribution in [-0.4, -0.2) is 37.6 Å². The normalized spacial score (nSPS) is 19.5. The molecule has 2 aromatic heterocycles. The summed E-state index contributed by atoms with van der Waals surface area (Å²) >= 11 is 0. The van der Waals surface area contributed by atoms with Crippen molar-refractivity contribution in [2.75, 3.05) is 0 Å². The lowest BCUT2D eigenvalue weighted by Gasteiger charge is -2.48. The van der Waals surface area contributed by atoms with Crippen molar-refractivity contribution in [1.29, 1.82) is 0 Å². The number of aromatic nitrogens is 2. The fourth-order valence-electron chi connectivity index (χ4n) is 4.54. The smallest absolute Gasteiger partial charge is 0.419 e. The number of carbonyl (C=O) groups is 1. The molecule has 0 aliphatic heterocycles. The summed E-state index contributed by atoms with van der Waals surface area (Å²) < 4.78 is 60.0. The Morgan fingerprint density at radius 2 is 1.91 bits per heavy atom. The van der Waals surface area contributed by atoms with Gasteiger partial charge in [-0.3, -0.25) is 4.90 Å². The molecule has 10 heteroatoms. The van der Waals surface area contributed by atoms with E-state index in [9.17, 15) is 27.5 Å². The van der Waals surface area contributed by atoms with Gasteiger partial charge in [-0.25, -0.2) is 14.2 Å². The highest BCUT2D eigenvalue weighted by Gasteiger charge is 2.46. The molecule has 34 heavy (non-hydrogen) atoms. The highest BCUT2D eigenvalue weighted by molar-refractivity contribution is 5.68. The van der Waals surface area contributed by atoms with E-state index in [1.165, 1.54) is 4.90 Å². The Kier molecular flexibility index (Phi) is 5.95. The molecule has 3 aromatic rings. The van der Waals surface area contributed by atoms with E-state index in [1.807, 2.05) is 43.5 Å². The van der Waals surface area contributed by atoms with Crippen LogP contribution in [0.4, 0.5) is 22.4 Å². The third-order valence-electron chi connectivity index (χ3n) is 6.07. The van der Waals surface area contributed by atoms with Crippen LogP contribution in [0.5, 0.6) is 5.75 Å². The Hall–Kier alpha value is -3.30. The fourth-order valence-corrected chi connectivity index (χ4v) is 4.54. The van der Waals surface area contributed by atoms with Crippen LogP contribution in [0.25, 0.3) is 5.65 Å². The Labute approximate surface area is 193 Å². The number of nitrogens with zero attached hydrogens (tertiary/aromatic N) is 3. The molecule has 1 amide bonds. The van der Waals surface area contributed by atoms with E-state index in [2.05, 4.69) is 4.98 Å². The molecule has 182 valence electrons. The number of rotatable bonds is 5. The summed E-state index contributed by atoms with van der Waals surface area (Å²) in [5.41, 5.74) is -0.447. The lowest BCUT2D eigenvalue weighted by Crippen LogP contribution is -2.54. The minimum absolute atomic E-state index is 0.103. The molecule has 1 aromatic carbocycles. The number of amides is 1. The first-order valence-electron chi connectivity index (χ1n) is 10.8. The first-order valence-corrected chi connectivity index (χ1v) is 10.8. The SMILES string of the molecule is CC(C)(C)C(c1cccn2ccnc12)N(C(=O)O)[C@H]1C[C@H](Oc2ccc(F)c(C(F)(F)F)c2)C1. The van der Waals surface area contributed by atoms with Gasteiger partial charge in [0.15, 0.2) is 0 Å². The van der Waals surface area contributed by atoms with Crippen molar-refractivity contribution in [3.8, 4) is 5.75 Å². The second-order valence-corrected chi connectivity index (χ2v) is 9.58. The van der Waals surface area contributed by atoms with E-state index in [1.54, 1.807) is 12.4 Å². The number of carboxylic acid groups (broad SMARTS) is 1. The second kappa shape index (κ2) is 8.48. The minimum Gasteiger partial charge on any atom is -0.490 e. The van der Waals surface area contributed by atoms with E-state index in [4.69, 9.17) is 4.74 Å². The molecule has 1 saturated carbocycles. The maximum atomic E-state index is 13.6. The highest BCUT2D eigenvalue weighted by atomic mass is 19.4. The van der Waals surface area contributed by atoms with Gasteiger partial charge in [0.05, 0.1) is 11.6 Å². The zero-order valence-corrected chi connectivity index (χ0v) is 18.9. The van der Waals surface area contributed by atoms with Gasteiger partial charge in [0.1, 0.15) is 23.3 Å². The molecule has 1 unspecified atom stereocenters. The molecule has 0 spiro atoms. The summed E-state index contributed by atoms with van der Waals surface area (Å²) in [7, 11) is 0. The van der Waals surface area contributed by atoms with E-state index >= 15 is 0 Å². The number of hydrogen-bond donors (Lipinski definition) is 1. The minimum atomic E-state index is -4.83. The number of fused-ring (bicyclic) bond motifs is 1. The maximum absolute atomic E-state index is 13.6. The van der Waals surface area contributed by atoms with E-state index in [0.717, 1.165) is 17.7 Å². The summed E-state index contributed by atoms with van der Waals surface area (Å²) in [5.74, 6) is -1.47. The van der Waals surface area contributed by atoms with Crippen molar-refractivity contribution < 1.29 is 32.2 Å². The van der Waals surface area contributed by atoms with Gasteiger partial charge in [-0.1, -0.05) is 26.8 Å². The number of ether oxygens (including phenoxy) is 1. The monoisotopic (exact) mass is 479 g/mol. The average molecular weight is 479 g/mol. The van der Waals surface area contributed by atoms with Gasteiger partial charge in [0.2, 0.25) is 0 Å². The topological polar surface area (TPSA) is 67.1 Å². The molecule has 2 heterocycles. The zero-order valence-electron chi connectivity index (χ0n) is 18.9. The lowest BCUT2D eigenvalue weighted by atomic mass is 9.78. The molecule has 4 rings (SSSR count). The molecule has 1 atom stereocenters. The quantitative estimate of drug-likeness (QED) is 0.445. The van der Waals surface area contributed by atoms with Crippen LogP contribution in [0.15, 0.2) is 48.9 Å². The molecule has 6 nitrogen and oxygen atoms in total. The first kappa shape index (κ1) is 23.8. The molecule has 1 fully saturated rings. The Morgan fingerprint density at radius 3 is 2.53 bits per heavy atom. The Balaban J connectivity index is 1.56. The molecule has 1 N–H and O–H groups in total. The molecule has 0 radical (unpaired) electrons. The van der Waals surface area contributed by atoms with Gasteiger partial charge < -0.3 is 14.2 Å². The standard InChI is InChI=1S/C24H25F4N3O3/c1-23(2,3)20(17-5-4-9-30-10-8-29-21(17)30)31(22(32)33)14-11-16(12-14)34-15-6-7-19(25)18(13-15)24(26,27)28/h4-10,13-14,16,20H,11-12H2,1-3H3,(H,32,33)/t14-,16-,20?. The van der Waals surface area contributed by atoms with Crippen LogP contribution in [0.2, 0.25) is 0 Å². The number of halogens is 4. The average Bonchev–Trinajstić information content (AvgIpc) is 3.17. The van der Waals surface area contributed by atoms with Crippen LogP contribution in [-0.2, 0) is 6.18 Å². The summed E-state index contributed by atoms with van der Waals surface area (Å²) in [4.78, 5) is 18.2. The Bertz CT molecular complexity index is 1200. The van der Waals surface area contributed by atoms with Gasteiger partial charge in [0, 0.05) is 43.0 Å². The third kappa shape index (κ3) is 4.53. The molecular weight excluding hydrogens is 454 g/mol. The molecule has 0 bridgehead atoms. The number of hydrogen-bond acceptors (Lipinski definition) is 3. The summed E-state index contributed by atoms with van der Waals surface area (Å²) in [6.07, 6.45) is -0.547. The van der Waals surface area contributed by atoms with Crippen molar-refractivity contribution in [1.82, 2.24) is 14.3 Å². The predicted molar refractivity (Wildman–Crippen MR) is 116 cm³/mol. The van der Waals surface area contributed by atoms with E-state index < -0.39 is 47.3 Å². The largest absolute Gasteiger partial charge is 0.490 e. The van der Waals surface area contributed by atoms with Gasteiger partial charge in [-0.05, 0) is 29.7 Å². The number of benzene rings is 1. The fraction of sp³-hybridized carbons (Fsp3) is 0.417. The van der Waals surface area contributed by atoms with Gasteiger partial charge in [-0.15, -0.1) is 0 Å². The van der Waals surface area contributed by atoms with Gasteiger partial charge in [0.25, 0.3) is 0 Å². The van der Waals surface area contributed by atoms with E-state index in [0.29, 0.717) is 24.6 Å². The first-order chi connectivity index (χ1) is 15.9. The third-order valence-corrected chi connectivity index (χ3v) is 6.07. The Morgan fingerprint density at radius 1 is 1.21 bits per heavy atom. The van der Waals surface area contributed by atoms with Crippen LogP contribution < -0.4 is 4.74 Å². The van der Waals surface area contributed by atoms with Crippen molar-refractivity contribution in [3.63, 3.8) is 0 Å². The van der Waals surface area contributed by atoms with Crippen molar-refractivity contribution in [3.05, 3.63) is 65.9 Å². The van der Waals surface area contributed by atoms with Crippen LogP contribution in [0.3, 0.4) is 0 Å². The zero-order chi connectivity index (χ0) is 24.8. The van der Waals surface area contributed by atoms with E-state index in [-0.39, 0.29) is 5.75 Å². The van der Waals surface area contributed by atoms with Crippen LogP contribution in [0, 0.1) is 11.2 Å². The number of alkyl halides is 3. The van der Waals surface area contributed by atoms with Gasteiger partial charge >= 0.3 is 12.3 Å². The van der Waals surface area contributed by atoms with Crippen LogP contribution >= 0.6 is 0 Å².